The van der Waals surface area contributed by atoms with Crippen molar-refractivity contribution in [2.24, 2.45) is 4.99 Å². The molecule has 3 rings (SSSR count). The van der Waals surface area contributed by atoms with Gasteiger partial charge >= 0.3 is 6.18 Å². The van der Waals surface area contributed by atoms with Crippen LogP contribution in [0.25, 0.3) is 0 Å². The van der Waals surface area contributed by atoms with Crippen molar-refractivity contribution in [1.29, 1.82) is 0 Å². The number of alkyl halides is 3. The normalized spacial score (nSPS) is 28.2. The average Bonchev–Trinajstić information content (AvgIpc) is 2.54. The molecule has 0 aromatic carbocycles. The van der Waals surface area contributed by atoms with E-state index in [1.54, 1.807) is 24.8 Å². The third kappa shape index (κ3) is 3.74. The van der Waals surface area contributed by atoms with Crippen molar-refractivity contribution in [3.05, 3.63) is 35.2 Å². The Kier molecular flexibility index (Phi) is 4.92. The maximum Gasteiger partial charge on any atom is 0.418 e. The number of nitrogens with zero attached hydrogens (tertiary/aromatic N) is 3. The molecule has 138 valence electrons. The number of hydrogen-bond acceptors (Lipinski definition) is 5. The Morgan fingerprint density at radius 3 is 2.48 bits per heavy atom. The minimum atomic E-state index is -4.46. The van der Waals surface area contributed by atoms with Gasteiger partial charge in [-0.1, -0.05) is 6.08 Å². The maximum absolute atomic E-state index is 13.7. The van der Waals surface area contributed by atoms with Gasteiger partial charge in [0.15, 0.2) is 0 Å². The SMILES string of the molecule is CC1=CC(O)N(C2C=C(C(F)(F)F)C(N3CCOCC3)=CC2)C(C)=N1. The zero-order valence-electron chi connectivity index (χ0n) is 14.3. The summed E-state index contributed by atoms with van der Waals surface area (Å²) in [5.41, 5.74) is 0.207. The van der Waals surface area contributed by atoms with Gasteiger partial charge in [0.25, 0.3) is 0 Å². The van der Waals surface area contributed by atoms with Crippen LogP contribution in [0, 0.1) is 0 Å². The highest BCUT2D eigenvalue weighted by molar-refractivity contribution is 5.82. The molecule has 1 N–H and O–H groups in total. The number of allylic oxidation sites excluding steroid dienone is 2. The van der Waals surface area contributed by atoms with Gasteiger partial charge in [-0.3, -0.25) is 0 Å². The van der Waals surface area contributed by atoms with Crippen LogP contribution in [0.2, 0.25) is 0 Å². The lowest BCUT2D eigenvalue weighted by atomic mass is 9.95. The highest BCUT2D eigenvalue weighted by atomic mass is 19.4. The largest absolute Gasteiger partial charge is 0.418 e. The van der Waals surface area contributed by atoms with Crippen molar-refractivity contribution in [1.82, 2.24) is 9.80 Å². The fourth-order valence-corrected chi connectivity index (χ4v) is 3.50. The van der Waals surface area contributed by atoms with Gasteiger partial charge in [0.05, 0.1) is 24.8 Å². The van der Waals surface area contributed by atoms with Gasteiger partial charge in [-0.15, -0.1) is 0 Å². The maximum atomic E-state index is 13.7. The minimum absolute atomic E-state index is 0.208. The molecule has 2 unspecified atom stereocenters. The van der Waals surface area contributed by atoms with Crippen molar-refractivity contribution in [2.75, 3.05) is 26.3 Å². The van der Waals surface area contributed by atoms with Crippen LogP contribution in [-0.2, 0) is 4.74 Å². The van der Waals surface area contributed by atoms with E-state index in [2.05, 4.69) is 4.99 Å². The summed E-state index contributed by atoms with van der Waals surface area (Å²) in [4.78, 5) is 7.51. The van der Waals surface area contributed by atoms with Crippen LogP contribution in [0.4, 0.5) is 13.2 Å². The van der Waals surface area contributed by atoms with Gasteiger partial charge in [-0.25, -0.2) is 4.99 Å². The average molecular weight is 357 g/mol. The zero-order chi connectivity index (χ0) is 18.2. The van der Waals surface area contributed by atoms with Crippen molar-refractivity contribution < 1.29 is 23.0 Å². The zero-order valence-corrected chi connectivity index (χ0v) is 14.3. The number of rotatable bonds is 2. The van der Waals surface area contributed by atoms with E-state index in [0.29, 0.717) is 44.3 Å². The topological polar surface area (TPSA) is 48.3 Å². The Labute approximate surface area is 144 Å². The Balaban J connectivity index is 1.89. The lowest BCUT2D eigenvalue weighted by Crippen LogP contribution is -2.48. The molecule has 1 fully saturated rings. The Hall–Kier alpha value is -1.80. The fraction of sp³-hybridized carbons (Fsp3) is 0.588. The molecule has 1 aliphatic carbocycles. The third-order valence-corrected chi connectivity index (χ3v) is 4.59. The predicted octanol–water partition coefficient (Wildman–Crippen LogP) is 2.42. The van der Waals surface area contributed by atoms with Crippen molar-refractivity contribution in [2.45, 2.75) is 38.7 Å². The second-order valence-corrected chi connectivity index (χ2v) is 6.36. The van der Waals surface area contributed by atoms with Crippen LogP contribution >= 0.6 is 0 Å². The molecule has 2 aliphatic heterocycles. The van der Waals surface area contributed by atoms with E-state index in [4.69, 9.17) is 4.74 Å². The molecule has 0 bridgehead atoms. The van der Waals surface area contributed by atoms with Crippen LogP contribution < -0.4 is 0 Å². The molecule has 5 nitrogen and oxygen atoms in total. The van der Waals surface area contributed by atoms with E-state index in [1.165, 1.54) is 17.1 Å². The molecule has 1 saturated heterocycles. The summed E-state index contributed by atoms with van der Waals surface area (Å²) in [6.07, 6.45) is -0.698. The Bertz CT molecular complexity index is 646. The van der Waals surface area contributed by atoms with Gasteiger partial charge in [0.2, 0.25) is 0 Å². The predicted molar refractivity (Wildman–Crippen MR) is 87.7 cm³/mol. The van der Waals surface area contributed by atoms with Crippen LogP contribution in [0.15, 0.2) is 40.2 Å². The molecule has 0 spiro atoms. The molecule has 0 saturated carbocycles. The van der Waals surface area contributed by atoms with E-state index in [9.17, 15) is 18.3 Å². The summed E-state index contributed by atoms with van der Waals surface area (Å²) in [7, 11) is 0. The first kappa shape index (κ1) is 18.0. The smallest absolute Gasteiger partial charge is 0.378 e. The van der Waals surface area contributed by atoms with E-state index in [-0.39, 0.29) is 5.70 Å². The van der Waals surface area contributed by atoms with Crippen LogP contribution in [0.1, 0.15) is 20.3 Å². The second kappa shape index (κ2) is 6.84. The van der Waals surface area contributed by atoms with Gasteiger partial charge in [-0.2, -0.15) is 13.2 Å². The third-order valence-electron chi connectivity index (χ3n) is 4.59. The molecule has 2 heterocycles. The van der Waals surface area contributed by atoms with Crippen LogP contribution in [-0.4, -0.2) is 65.5 Å². The number of aliphatic imine (C=N–C) groups is 1. The minimum Gasteiger partial charge on any atom is -0.378 e. The first-order chi connectivity index (χ1) is 11.8. The van der Waals surface area contributed by atoms with Gasteiger partial charge in [-0.05, 0) is 32.4 Å². The summed E-state index contributed by atoms with van der Waals surface area (Å²) < 4.78 is 46.2. The Morgan fingerprint density at radius 2 is 1.88 bits per heavy atom. The summed E-state index contributed by atoms with van der Waals surface area (Å²) in [5.74, 6) is 0.512. The molecule has 3 aliphatic rings. The van der Waals surface area contributed by atoms with E-state index < -0.39 is 24.0 Å². The second-order valence-electron chi connectivity index (χ2n) is 6.36. The van der Waals surface area contributed by atoms with Crippen molar-refractivity contribution in [3.63, 3.8) is 0 Å². The van der Waals surface area contributed by atoms with E-state index in [0.717, 1.165) is 0 Å². The molecule has 0 aromatic rings. The number of amidine groups is 1. The first-order valence-electron chi connectivity index (χ1n) is 8.29. The molecule has 25 heavy (non-hydrogen) atoms. The monoisotopic (exact) mass is 357 g/mol. The molecule has 8 heteroatoms. The summed E-state index contributed by atoms with van der Waals surface area (Å²) >= 11 is 0. The number of ether oxygens (including phenoxy) is 1. The summed E-state index contributed by atoms with van der Waals surface area (Å²) in [6.45, 7) is 5.18. The summed E-state index contributed by atoms with van der Waals surface area (Å²) in [5, 5.41) is 10.3. The van der Waals surface area contributed by atoms with E-state index >= 15 is 0 Å². The molecule has 0 aromatic heterocycles. The number of aliphatic hydroxyl groups is 1. The molecule has 0 radical (unpaired) electrons. The Morgan fingerprint density at radius 1 is 1.20 bits per heavy atom. The van der Waals surface area contributed by atoms with Crippen molar-refractivity contribution >= 4 is 5.84 Å². The lowest BCUT2D eigenvalue weighted by Gasteiger charge is -2.40. The summed E-state index contributed by atoms with van der Waals surface area (Å²) in [6, 6.07) is -0.593. The van der Waals surface area contributed by atoms with Crippen molar-refractivity contribution in [3.8, 4) is 0 Å². The van der Waals surface area contributed by atoms with E-state index in [1.807, 2.05) is 0 Å². The number of hydrogen-bond donors (Lipinski definition) is 1. The van der Waals surface area contributed by atoms with Gasteiger partial charge in [0.1, 0.15) is 12.1 Å². The molecular weight excluding hydrogens is 335 g/mol. The lowest BCUT2D eigenvalue weighted by molar-refractivity contribution is -0.0937. The number of morpholine rings is 1. The van der Waals surface area contributed by atoms with Crippen LogP contribution in [0.5, 0.6) is 0 Å². The van der Waals surface area contributed by atoms with Crippen LogP contribution in [0.3, 0.4) is 0 Å². The van der Waals surface area contributed by atoms with Gasteiger partial charge < -0.3 is 19.6 Å². The highest BCUT2D eigenvalue weighted by Crippen LogP contribution is 2.38. The number of halogens is 3. The highest BCUT2D eigenvalue weighted by Gasteiger charge is 2.41. The quantitative estimate of drug-likeness (QED) is 0.825. The van der Waals surface area contributed by atoms with Gasteiger partial charge in [0, 0.05) is 24.5 Å². The number of aliphatic hydroxyl groups excluding tert-OH is 1. The first-order valence-corrected chi connectivity index (χ1v) is 8.29. The fourth-order valence-electron chi connectivity index (χ4n) is 3.50. The standard InChI is InChI=1S/C17H22F3N3O2/c1-11-9-16(24)23(12(2)21-11)13-3-4-15(14(10-13)17(18,19)20)22-5-7-25-8-6-22/h4,9-10,13,16,24H,3,5-8H2,1-2H3. The molecule has 0 amide bonds. The molecule has 2 atom stereocenters. The molecular formula is C17H22F3N3O2.